The van der Waals surface area contributed by atoms with Crippen molar-refractivity contribution in [2.24, 2.45) is 0 Å². The standard InChI is InChI=1S/C16H10Cl3NO/c17-10-3-1-2-9(4-10)5-15(21)12-8-20-14-7-11(18)6-13(19)16(12)14/h1-4,6-8,20H,5H2. The molecule has 1 heterocycles. The van der Waals surface area contributed by atoms with Gasteiger partial charge in [0.05, 0.1) is 5.02 Å². The molecule has 0 aliphatic heterocycles. The van der Waals surface area contributed by atoms with Crippen LogP contribution in [0.2, 0.25) is 15.1 Å². The van der Waals surface area contributed by atoms with Gasteiger partial charge in [-0.2, -0.15) is 0 Å². The Kier molecular flexibility index (Phi) is 3.94. The molecule has 3 rings (SSSR count). The Morgan fingerprint density at radius 2 is 1.86 bits per heavy atom. The SMILES string of the molecule is O=C(Cc1cccc(Cl)c1)c1c[nH]c2cc(Cl)cc(Cl)c12. The van der Waals surface area contributed by atoms with Crippen LogP contribution in [0.3, 0.4) is 0 Å². The van der Waals surface area contributed by atoms with E-state index in [1.165, 1.54) is 0 Å². The van der Waals surface area contributed by atoms with Gasteiger partial charge in [0.2, 0.25) is 0 Å². The van der Waals surface area contributed by atoms with Gasteiger partial charge in [0.1, 0.15) is 0 Å². The van der Waals surface area contributed by atoms with Gasteiger partial charge in [-0.3, -0.25) is 4.79 Å². The molecule has 0 unspecified atom stereocenters. The summed E-state index contributed by atoms with van der Waals surface area (Å²) in [6.07, 6.45) is 1.94. The molecular formula is C16H10Cl3NO. The molecule has 1 N–H and O–H groups in total. The van der Waals surface area contributed by atoms with Crippen LogP contribution in [0.5, 0.6) is 0 Å². The van der Waals surface area contributed by atoms with Gasteiger partial charge in [-0.1, -0.05) is 46.9 Å². The van der Waals surface area contributed by atoms with E-state index in [-0.39, 0.29) is 12.2 Å². The molecular weight excluding hydrogens is 329 g/mol. The second-order valence-corrected chi connectivity index (χ2v) is 6.02. The summed E-state index contributed by atoms with van der Waals surface area (Å²) >= 11 is 18.1. The molecule has 106 valence electrons. The van der Waals surface area contributed by atoms with Crippen molar-refractivity contribution in [3.8, 4) is 0 Å². The van der Waals surface area contributed by atoms with E-state index in [2.05, 4.69) is 4.98 Å². The van der Waals surface area contributed by atoms with Gasteiger partial charge in [-0.05, 0) is 29.8 Å². The summed E-state index contributed by atoms with van der Waals surface area (Å²) in [4.78, 5) is 15.5. The van der Waals surface area contributed by atoms with Crippen molar-refractivity contribution < 1.29 is 4.79 Å². The quantitative estimate of drug-likeness (QED) is 0.624. The number of aromatic amines is 1. The molecule has 0 spiro atoms. The minimum atomic E-state index is -0.0206. The number of Topliss-reactive ketones (excluding diaryl/α,β-unsaturated/α-hetero) is 1. The summed E-state index contributed by atoms with van der Waals surface area (Å²) < 4.78 is 0. The predicted octanol–water partition coefficient (Wildman–Crippen LogP) is 5.55. The number of H-pyrrole nitrogens is 1. The van der Waals surface area contributed by atoms with Crippen molar-refractivity contribution in [2.45, 2.75) is 6.42 Å². The lowest BCUT2D eigenvalue weighted by molar-refractivity contribution is 0.0994. The molecule has 0 fully saturated rings. The first-order valence-electron chi connectivity index (χ1n) is 6.28. The van der Waals surface area contributed by atoms with Crippen molar-refractivity contribution in [3.63, 3.8) is 0 Å². The Labute approximate surface area is 136 Å². The van der Waals surface area contributed by atoms with E-state index in [1.54, 1.807) is 30.5 Å². The molecule has 1 aromatic heterocycles. The molecule has 21 heavy (non-hydrogen) atoms. The molecule has 0 saturated carbocycles. The minimum Gasteiger partial charge on any atom is -0.360 e. The van der Waals surface area contributed by atoms with Crippen LogP contribution in [0.4, 0.5) is 0 Å². The smallest absolute Gasteiger partial charge is 0.169 e. The van der Waals surface area contributed by atoms with E-state index < -0.39 is 0 Å². The fourth-order valence-electron chi connectivity index (χ4n) is 2.33. The van der Waals surface area contributed by atoms with Gasteiger partial charge in [0, 0.05) is 39.1 Å². The van der Waals surface area contributed by atoms with E-state index in [0.29, 0.717) is 26.0 Å². The number of hydrogen-bond donors (Lipinski definition) is 1. The van der Waals surface area contributed by atoms with E-state index in [4.69, 9.17) is 34.8 Å². The number of ketones is 1. The Balaban J connectivity index is 1.99. The molecule has 5 heteroatoms. The minimum absolute atomic E-state index is 0.0206. The van der Waals surface area contributed by atoms with Crippen molar-refractivity contribution in [1.82, 2.24) is 4.98 Å². The third kappa shape index (κ3) is 2.93. The molecule has 0 aliphatic carbocycles. The van der Waals surface area contributed by atoms with E-state index in [1.807, 2.05) is 12.1 Å². The topological polar surface area (TPSA) is 32.9 Å². The van der Waals surface area contributed by atoms with Crippen LogP contribution >= 0.6 is 34.8 Å². The molecule has 0 radical (unpaired) electrons. The molecule has 0 bridgehead atoms. The Morgan fingerprint density at radius 3 is 2.62 bits per heavy atom. The van der Waals surface area contributed by atoms with Crippen LogP contribution < -0.4 is 0 Å². The summed E-state index contributed by atoms with van der Waals surface area (Å²) in [6, 6.07) is 10.6. The summed E-state index contributed by atoms with van der Waals surface area (Å²) in [5, 5.41) is 2.31. The molecule has 0 amide bonds. The van der Waals surface area contributed by atoms with Crippen LogP contribution in [-0.2, 0) is 6.42 Å². The number of rotatable bonds is 3. The molecule has 0 atom stereocenters. The van der Waals surface area contributed by atoms with Gasteiger partial charge in [0.15, 0.2) is 5.78 Å². The lowest BCUT2D eigenvalue weighted by Crippen LogP contribution is -2.02. The van der Waals surface area contributed by atoms with Crippen molar-refractivity contribution in [2.75, 3.05) is 0 Å². The fraction of sp³-hybridized carbons (Fsp3) is 0.0625. The average molecular weight is 339 g/mol. The zero-order valence-electron chi connectivity index (χ0n) is 10.8. The molecule has 0 aliphatic rings. The van der Waals surface area contributed by atoms with Gasteiger partial charge in [-0.15, -0.1) is 0 Å². The Hall–Kier alpha value is -1.48. The lowest BCUT2D eigenvalue weighted by atomic mass is 10.0. The maximum absolute atomic E-state index is 12.5. The van der Waals surface area contributed by atoms with Gasteiger partial charge in [0.25, 0.3) is 0 Å². The highest BCUT2D eigenvalue weighted by Gasteiger charge is 2.16. The molecule has 0 saturated heterocycles. The van der Waals surface area contributed by atoms with E-state index >= 15 is 0 Å². The second-order valence-electron chi connectivity index (χ2n) is 4.74. The van der Waals surface area contributed by atoms with Crippen LogP contribution in [-0.4, -0.2) is 10.8 Å². The third-order valence-electron chi connectivity index (χ3n) is 3.25. The maximum atomic E-state index is 12.5. The van der Waals surface area contributed by atoms with E-state index in [9.17, 15) is 4.79 Å². The number of aromatic nitrogens is 1. The summed E-state index contributed by atoms with van der Waals surface area (Å²) in [5.41, 5.74) is 2.18. The largest absolute Gasteiger partial charge is 0.360 e. The Bertz CT molecular complexity index is 839. The van der Waals surface area contributed by atoms with Crippen LogP contribution in [0.25, 0.3) is 10.9 Å². The van der Waals surface area contributed by atoms with Crippen molar-refractivity contribution in [3.05, 3.63) is 68.8 Å². The highest BCUT2D eigenvalue weighted by Crippen LogP contribution is 2.31. The van der Waals surface area contributed by atoms with Gasteiger partial charge >= 0.3 is 0 Å². The number of fused-ring (bicyclic) bond motifs is 1. The fourth-order valence-corrected chi connectivity index (χ4v) is 3.14. The molecule has 3 aromatic rings. The third-order valence-corrected chi connectivity index (χ3v) is 4.00. The summed E-state index contributed by atoms with van der Waals surface area (Å²) in [6.45, 7) is 0. The number of carbonyl (C=O) groups excluding carboxylic acids is 1. The van der Waals surface area contributed by atoms with E-state index in [0.717, 1.165) is 11.1 Å². The Morgan fingerprint density at radius 1 is 1.05 bits per heavy atom. The maximum Gasteiger partial charge on any atom is 0.169 e. The van der Waals surface area contributed by atoms with Crippen LogP contribution in [0, 0.1) is 0 Å². The summed E-state index contributed by atoms with van der Waals surface area (Å²) in [7, 11) is 0. The zero-order chi connectivity index (χ0) is 15.0. The number of halogens is 3. The predicted molar refractivity (Wildman–Crippen MR) is 87.8 cm³/mol. The number of nitrogens with one attached hydrogen (secondary N) is 1. The molecule has 2 nitrogen and oxygen atoms in total. The van der Waals surface area contributed by atoms with Crippen LogP contribution in [0.15, 0.2) is 42.6 Å². The normalized spacial score (nSPS) is 11.0. The first kappa shape index (κ1) is 14.5. The van der Waals surface area contributed by atoms with Crippen LogP contribution in [0.1, 0.15) is 15.9 Å². The van der Waals surface area contributed by atoms with Crippen molar-refractivity contribution >= 4 is 51.5 Å². The number of carbonyl (C=O) groups is 1. The second kappa shape index (κ2) is 5.72. The van der Waals surface area contributed by atoms with Crippen molar-refractivity contribution in [1.29, 1.82) is 0 Å². The van der Waals surface area contributed by atoms with Gasteiger partial charge in [-0.25, -0.2) is 0 Å². The molecule has 2 aromatic carbocycles. The van der Waals surface area contributed by atoms with Gasteiger partial charge < -0.3 is 4.98 Å². The summed E-state index contributed by atoms with van der Waals surface area (Å²) in [5.74, 6) is -0.0206. The highest BCUT2D eigenvalue weighted by atomic mass is 35.5. The highest BCUT2D eigenvalue weighted by molar-refractivity contribution is 6.39. The average Bonchev–Trinajstić information content (AvgIpc) is 2.82. The monoisotopic (exact) mass is 337 g/mol. The number of benzene rings is 2. The zero-order valence-corrected chi connectivity index (χ0v) is 13.1. The first-order valence-corrected chi connectivity index (χ1v) is 7.42. The lowest BCUT2D eigenvalue weighted by Gasteiger charge is -2.03. The number of hydrogen-bond acceptors (Lipinski definition) is 1. The first-order chi connectivity index (χ1) is 10.0.